The van der Waals surface area contributed by atoms with Crippen molar-refractivity contribution in [3.63, 3.8) is 0 Å². The minimum Gasteiger partial charge on any atom is -0.325 e. The molecule has 4 rings (SSSR count). The van der Waals surface area contributed by atoms with Crippen molar-refractivity contribution in [2.75, 3.05) is 22.5 Å². The Labute approximate surface area is 182 Å². The van der Waals surface area contributed by atoms with Crippen LogP contribution in [0.2, 0.25) is 0 Å². The summed E-state index contributed by atoms with van der Waals surface area (Å²) in [6.45, 7) is 4.95. The van der Waals surface area contributed by atoms with Gasteiger partial charge in [-0.15, -0.1) is 0 Å². The van der Waals surface area contributed by atoms with E-state index >= 15 is 0 Å². The molecule has 1 aromatic carbocycles. The van der Waals surface area contributed by atoms with Crippen LogP contribution in [-0.2, 0) is 9.59 Å². The summed E-state index contributed by atoms with van der Waals surface area (Å²) in [6, 6.07) is 8.02. The number of nitrogens with zero attached hydrogens (tertiary/aromatic N) is 3. The number of nitrogens with one attached hydrogen (secondary N) is 1. The lowest BCUT2D eigenvalue weighted by Crippen LogP contribution is -2.23. The third kappa shape index (κ3) is 4.56. The predicted molar refractivity (Wildman–Crippen MR) is 121 cm³/mol. The second kappa shape index (κ2) is 9.25. The molecule has 0 unspecified atom stereocenters. The molecule has 1 aromatic heterocycles. The molecule has 1 aliphatic heterocycles. The topological polar surface area (TPSA) is 67.2 Å². The summed E-state index contributed by atoms with van der Waals surface area (Å²) in [5.41, 5.74) is 3.91. The standard InChI is InChI=1S/C23H30N4O2S/c1-16-17(2)27(20-7-4-3-5-8-20)23(24-16)30-15-21(28)25-18-10-12-19(13-11-18)26-14-6-9-22(26)29/h10-13,20H,3-9,14-15H2,1-2H3,(H,25,28). The first-order chi connectivity index (χ1) is 14.5. The monoisotopic (exact) mass is 426 g/mol. The van der Waals surface area contributed by atoms with E-state index in [0.717, 1.165) is 35.2 Å². The van der Waals surface area contributed by atoms with Gasteiger partial charge in [0.25, 0.3) is 0 Å². The van der Waals surface area contributed by atoms with Gasteiger partial charge in [0.15, 0.2) is 5.16 Å². The van der Waals surface area contributed by atoms with Gasteiger partial charge in [0.05, 0.1) is 11.4 Å². The van der Waals surface area contributed by atoms with Crippen molar-refractivity contribution in [1.29, 1.82) is 0 Å². The van der Waals surface area contributed by atoms with E-state index in [1.54, 1.807) is 4.90 Å². The second-order valence-corrected chi connectivity index (χ2v) is 9.20. The van der Waals surface area contributed by atoms with Crippen LogP contribution >= 0.6 is 11.8 Å². The highest BCUT2D eigenvalue weighted by Crippen LogP contribution is 2.34. The van der Waals surface area contributed by atoms with Gasteiger partial charge < -0.3 is 14.8 Å². The second-order valence-electron chi connectivity index (χ2n) is 8.26. The molecular weight excluding hydrogens is 396 g/mol. The van der Waals surface area contributed by atoms with Crippen LogP contribution in [-0.4, -0.2) is 33.7 Å². The molecule has 1 aliphatic carbocycles. The average Bonchev–Trinajstić information content (AvgIpc) is 3.30. The van der Waals surface area contributed by atoms with Crippen LogP contribution in [0.3, 0.4) is 0 Å². The number of anilines is 2. The highest BCUT2D eigenvalue weighted by atomic mass is 32.2. The van der Waals surface area contributed by atoms with Gasteiger partial charge in [-0.05, 0) is 57.4 Å². The zero-order chi connectivity index (χ0) is 21.1. The summed E-state index contributed by atoms with van der Waals surface area (Å²) in [7, 11) is 0. The first kappa shape index (κ1) is 21.0. The van der Waals surface area contributed by atoms with E-state index in [-0.39, 0.29) is 11.8 Å². The Morgan fingerprint density at radius 2 is 1.87 bits per heavy atom. The van der Waals surface area contributed by atoms with E-state index < -0.39 is 0 Å². The van der Waals surface area contributed by atoms with Gasteiger partial charge in [0.2, 0.25) is 11.8 Å². The minimum absolute atomic E-state index is 0.0431. The van der Waals surface area contributed by atoms with Crippen LogP contribution in [0.4, 0.5) is 11.4 Å². The highest BCUT2D eigenvalue weighted by molar-refractivity contribution is 7.99. The fourth-order valence-electron chi connectivity index (χ4n) is 4.44. The molecule has 1 N–H and O–H groups in total. The molecule has 0 radical (unpaired) electrons. The van der Waals surface area contributed by atoms with Crippen LogP contribution < -0.4 is 10.2 Å². The van der Waals surface area contributed by atoms with Crippen LogP contribution in [0.25, 0.3) is 0 Å². The fourth-order valence-corrected chi connectivity index (χ4v) is 5.40. The van der Waals surface area contributed by atoms with Crippen LogP contribution in [0.1, 0.15) is 62.4 Å². The summed E-state index contributed by atoms with van der Waals surface area (Å²) in [5.74, 6) is 0.454. The molecule has 1 saturated heterocycles. The zero-order valence-electron chi connectivity index (χ0n) is 17.8. The first-order valence-electron chi connectivity index (χ1n) is 10.9. The van der Waals surface area contributed by atoms with Crippen molar-refractivity contribution in [1.82, 2.24) is 9.55 Å². The Hall–Kier alpha value is -2.28. The van der Waals surface area contributed by atoms with Crippen molar-refractivity contribution in [3.05, 3.63) is 35.7 Å². The van der Waals surface area contributed by atoms with E-state index in [1.807, 2.05) is 31.2 Å². The Bertz CT molecular complexity index is 916. The van der Waals surface area contributed by atoms with Crippen molar-refractivity contribution >= 4 is 35.0 Å². The van der Waals surface area contributed by atoms with Gasteiger partial charge in [-0.25, -0.2) is 4.98 Å². The Kier molecular flexibility index (Phi) is 6.46. The van der Waals surface area contributed by atoms with Crippen molar-refractivity contribution in [2.45, 2.75) is 70.0 Å². The van der Waals surface area contributed by atoms with E-state index in [0.29, 0.717) is 18.2 Å². The quantitative estimate of drug-likeness (QED) is 0.670. The SMILES string of the molecule is Cc1nc(SCC(=O)Nc2ccc(N3CCCC3=O)cc2)n(C2CCCCC2)c1C. The molecule has 6 nitrogen and oxygen atoms in total. The van der Waals surface area contributed by atoms with Gasteiger partial charge in [0.1, 0.15) is 0 Å². The number of thioether (sulfide) groups is 1. The molecule has 1 saturated carbocycles. The molecule has 2 aliphatic rings. The fraction of sp³-hybridized carbons (Fsp3) is 0.522. The maximum absolute atomic E-state index is 12.5. The largest absolute Gasteiger partial charge is 0.325 e. The summed E-state index contributed by atoms with van der Waals surface area (Å²) in [5, 5.41) is 3.92. The molecule has 0 atom stereocenters. The maximum atomic E-state index is 12.5. The predicted octanol–water partition coefficient (Wildman–Crippen LogP) is 4.86. The van der Waals surface area contributed by atoms with Crippen molar-refractivity contribution in [3.8, 4) is 0 Å². The van der Waals surface area contributed by atoms with E-state index in [9.17, 15) is 9.59 Å². The first-order valence-corrected chi connectivity index (χ1v) is 11.9. The number of imidazole rings is 1. The van der Waals surface area contributed by atoms with Crippen LogP contribution in [0.5, 0.6) is 0 Å². The maximum Gasteiger partial charge on any atom is 0.234 e. The lowest BCUT2D eigenvalue weighted by Gasteiger charge is -2.26. The number of hydrogen-bond donors (Lipinski definition) is 1. The Morgan fingerprint density at radius 3 is 2.53 bits per heavy atom. The number of aromatic nitrogens is 2. The van der Waals surface area contributed by atoms with Crippen LogP contribution in [0, 0.1) is 13.8 Å². The number of amides is 2. The molecule has 2 fully saturated rings. The Balaban J connectivity index is 1.36. The summed E-state index contributed by atoms with van der Waals surface area (Å²) in [4.78, 5) is 30.9. The number of carbonyl (C=O) groups is 2. The Morgan fingerprint density at radius 1 is 1.13 bits per heavy atom. The zero-order valence-corrected chi connectivity index (χ0v) is 18.6. The molecule has 2 heterocycles. The molecule has 0 spiro atoms. The molecule has 2 aromatic rings. The van der Waals surface area contributed by atoms with Crippen LogP contribution in [0.15, 0.2) is 29.4 Å². The number of rotatable bonds is 6. The van der Waals surface area contributed by atoms with Gasteiger partial charge >= 0.3 is 0 Å². The van der Waals surface area contributed by atoms with Gasteiger partial charge in [-0.2, -0.15) is 0 Å². The lowest BCUT2D eigenvalue weighted by molar-refractivity contribution is -0.117. The third-order valence-corrected chi connectivity index (χ3v) is 7.12. The smallest absolute Gasteiger partial charge is 0.234 e. The number of benzene rings is 1. The van der Waals surface area contributed by atoms with Gasteiger partial charge in [-0.1, -0.05) is 31.0 Å². The van der Waals surface area contributed by atoms with Crippen molar-refractivity contribution < 1.29 is 9.59 Å². The molecule has 7 heteroatoms. The highest BCUT2D eigenvalue weighted by Gasteiger charge is 2.23. The summed E-state index contributed by atoms with van der Waals surface area (Å²) >= 11 is 1.51. The van der Waals surface area contributed by atoms with Crippen molar-refractivity contribution in [2.24, 2.45) is 0 Å². The molecule has 30 heavy (non-hydrogen) atoms. The molecule has 0 bridgehead atoms. The third-order valence-electron chi connectivity index (χ3n) is 6.16. The minimum atomic E-state index is -0.0431. The normalized spacial score (nSPS) is 17.5. The van der Waals surface area contributed by atoms with Gasteiger partial charge in [0, 0.05) is 36.1 Å². The summed E-state index contributed by atoms with van der Waals surface area (Å²) in [6.07, 6.45) is 7.77. The lowest BCUT2D eigenvalue weighted by atomic mass is 9.95. The van der Waals surface area contributed by atoms with E-state index in [2.05, 4.69) is 16.8 Å². The summed E-state index contributed by atoms with van der Waals surface area (Å²) < 4.78 is 2.36. The number of hydrogen-bond acceptors (Lipinski definition) is 4. The molecule has 160 valence electrons. The van der Waals surface area contributed by atoms with E-state index in [4.69, 9.17) is 4.98 Å². The molecular formula is C23H30N4O2S. The average molecular weight is 427 g/mol. The van der Waals surface area contributed by atoms with Gasteiger partial charge in [-0.3, -0.25) is 9.59 Å². The number of carbonyl (C=O) groups excluding carboxylic acids is 2. The molecule has 2 amide bonds. The number of aryl methyl sites for hydroxylation is 1. The van der Waals surface area contributed by atoms with E-state index in [1.165, 1.54) is 49.6 Å².